The molecule has 0 aromatic heterocycles. The van der Waals surface area contributed by atoms with E-state index in [0.717, 1.165) is 0 Å². The summed E-state index contributed by atoms with van der Waals surface area (Å²) in [5, 5.41) is 0. The van der Waals surface area contributed by atoms with E-state index in [-0.39, 0.29) is 0 Å². The van der Waals surface area contributed by atoms with Crippen LogP contribution in [0.2, 0.25) is 0 Å². The van der Waals surface area contributed by atoms with E-state index in [0.29, 0.717) is 0 Å². The summed E-state index contributed by atoms with van der Waals surface area (Å²) in [6, 6.07) is 0. The summed E-state index contributed by atoms with van der Waals surface area (Å²) < 4.78 is 0. The molecule has 0 aromatic carbocycles. The molecule has 0 spiro atoms. The number of rotatable bonds is 1. The van der Waals surface area contributed by atoms with E-state index in [9.17, 15) is 0 Å². The molecule has 0 amide bonds. The first kappa shape index (κ1) is 5.41. The fraction of sp³-hybridized carbons (Fsp3) is 0.400. The van der Waals surface area contributed by atoms with Crippen molar-refractivity contribution in [1.82, 2.24) is 0 Å². The Morgan fingerprint density at radius 1 is 1.50 bits per heavy atom. The number of hydrogen-bond acceptors (Lipinski definition) is 1. The summed E-state index contributed by atoms with van der Waals surface area (Å²) in [5.74, 6) is 0. The highest BCUT2D eigenvalue weighted by Crippen LogP contribution is 1.60. The third kappa shape index (κ3) is 3.41. The molecular formula is C5H9N. The Morgan fingerprint density at radius 2 is 2.17 bits per heavy atom. The van der Waals surface area contributed by atoms with Crippen molar-refractivity contribution in [3.8, 4) is 0 Å². The van der Waals surface area contributed by atoms with Crippen LogP contribution in [0.3, 0.4) is 0 Å². The SMILES string of the molecule is C/C=C\C=NC. The Labute approximate surface area is 38.4 Å². The molecule has 34 valence electrons. The molecule has 0 saturated heterocycles. The van der Waals surface area contributed by atoms with Crippen LogP contribution in [0.5, 0.6) is 0 Å². The lowest BCUT2D eigenvalue weighted by atomic mass is 10.6. The topological polar surface area (TPSA) is 12.4 Å². The molecule has 0 aliphatic carbocycles. The average Bonchev–Trinajstić information content (AvgIpc) is 1.61. The van der Waals surface area contributed by atoms with Gasteiger partial charge in [-0.2, -0.15) is 0 Å². The summed E-state index contributed by atoms with van der Waals surface area (Å²) in [6.07, 6.45) is 5.58. The van der Waals surface area contributed by atoms with Crippen molar-refractivity contribution in [2.24, 2.45) is 4.99 Å². The predicted octanol–water partition coefficient (Wildman–Crippen LogP) is 1.26. The van der Waals surface area contributed by atoms with Crippen LogP contribution in [0.1, 0.15) is 6.92 Å². The standard InChI is InChI=1S/C5H9N/c1-3-4-5-6-2/h3-5H,1-2H3/b4-3-,6-5?. The number of aliphatic imine (C=N–C) groups is 1. The van der Waals surface area contributed by atoms with E-state index >= 15 is 0 Å². The average molecular weight is 83.1 g/mol. The second kappa shape index (κ2) is 4.41. The first-order valence-corrected chi connectivity index (χ1v) is 1.95. The van der Waals surface area contributed by atoms with Gasteiger partial charge in [-0.05, 0) is 13.0 Å². The van der Waals surface area contributed by atoms with Crippen LogP contribution in [0.25, 0.3) is 0 Å². The van der Waals surface area contributed by atoms with Crippen LogP contribution >= 0.6 is 0 Å². The highest BCUT2D eigenvalue weighted by atomic mass is 14.6. The first-order valence-electron chi connectivity index (χ1n) is 1.95. The molecule has 0 fully saturated rings. The van der Waals surface area contributed by atoms with Crippen molar-refractivity contribution >= 4 is 6.21 Å². The van der Waals surface area contributed by atoms with Crippen molar-refractivity contribution in [2.45, 2.75) is 6.92 Å². The summed E-state index contributed by atoms with van der Waals surface area (Å²) in [6.45, 7) is 1.96. The molecule has 0 heterocycles. The maximum atomic E-state index is 3.71. The number of nitrogens with zero attached hydrogens (tertiary/aromatic N) is 1. The molecule has 1 heteroatoms. The van der Waals surface area contributed by atoms with Crippen LogP contribution < -0.4 is 0 Å². The van der Waals surface area contributed by atoms with Gasteiger partial charge in [0, 0.05) is 13.3 Å². The van der Waals surface area contributed by atoms with Crippen molar-refractivity contribution < 1.29 is 0 Å². The molecule has 0 bridgehead atoms. The van der Waals surface area contributed by atoms with Gasteiger partial charge in [0.1, 0.15) is 0 Å². The van der Waals surface area contributed by atoms with Gasteiger partial charge in [-0.25, -0.2) is 0 Å². The summed E-state index contributed by atoms with van der Waals surface area (Å²) >= 11 is 0. The Balaban J connectivity index is 3.07. The fourth-order valence-corrected chi connectivity index (χ4v) is 0.172. The van der Waals surface area contributed by atoms with Gasteiger partial charge in [0.2, 0.25) is 0 Å². The van der Waals surface area contributed by atoms with Gasteiger partial charge in [-0.15, -0.1) is 0 Å². The lowest BCUT2D eigenvalue weighted by Crippen LogP contribution is -1.56. The first-order chi connectivity index (χ1) is 2.91. The van der Waals surface area contributed by atoms with E-state index in [1.807, 2.05) is 19.1 Å². The fourth-order valence-electron chi connectivity index (χ4n) is 0.172. The second-order valence-electron chi connectivity index (χ2n) is 0.933. The maximum Gasteiger partial charge on any atom is 0.0277 e. The predicted molar refractivity (Wildman–Crippen MR) is 29.2 cm³/mol. The molecule has 0 N–H and O–H groups in total. The van der Waals surface area contributed by atoms with Gasteiger partial charge in [0.05, 0.1) is 0 Å². The van der Waals surface area contributed by atoms with Gasteiger partial charge in [0.25, 0.3) is 0 Å². The van der Waals surface area contributed by atoms with E-state index in [1.165, 1.54) is 0 Å². The minimum absolute atomic E-state index is 1.75. The Kier molecular flexibility index (Phi) is 3.98. The monoisotopic (exact) mass is 83.1 g/mol. The minimum atomic E-state index is 1.75. The van der Waals surface area contributed by atoms with Gasteiger partial charge in [0.15, 0.2) is 0 Å². The normalized spacial score (nSPS) is 11.7. The van der Waals surface area contributed by atoms with Crippen molar-refractivity contribution in [3.63, 3.8) is 0 Å². The van der Waals surface area contributed by atoms with E-state index in [1.54, 1.807) is 13.3 Å². The van der Waals surface area contributed by atoms with E-state index < -0.39 is 0 Å². The van der Waals surface area contributed by atoms with Gasteiger partial charge in [-0.1, -0.05) is 6.08 Å². The molecule has 0 saturated carbocycles. The molecule has 0 rings (SSSR count). The largest absolute Gasteiger partial charge is 0.297 e. The zero-order valence-corrected chi connectivity index (χ0v) is 4.18. The highest BCUT2D eigenvalue weighted by Gasteiger charge is 1.49. The van der Waals surface area contributed by atoms with Crippen LogP contribution in [-0.4, -0.2) is 13.3 Å². The van der Waals surface area contributed by atoms with Crippen LogP contribution in [-0.2, 0) is 0 Å². The second-order valence-corrected chi connectivity index (χ2v) is 0.933. The molecule has 0 aliphatic rings. The smallest absolute Gasteiger partial charge is 0.0277 e. The third-order valence-electron chi connectivity index (χ3n) is 0.428. The lowest BCUT2D eigenvalue weighted by Gasteiger charge is -1.63. The molecule has 6 heavy (non-hydrogen) atoms. The van der Waals surface area contributed by atoms with Crippen molar-refractivity contribution in [1.29, 1.82) is 0 Å². The molecule has 0 aromatic rings. The van der Waals surface area contributed by atoms with Gasteiger partial charge >= 0.3 is 0 Å². The zero-order chi connectivity index (χ0) is 4.83. The Bertz CT molecular complexity index is 52.3. The summed E-state index contributed by atoms with van der Waals surface area (Å²) in [7, 11) is 1.75. The number of allylic oxidation sites excluding steroid dienone is 2. The molecule has 0 aliphatic heterocycles. The zero-order valence-electron chi connectivity index (χ0n) is 4.18. The molecule has 0 radical (unpaired) electrons. The maximum absolute atomic E-state index is 3.71. The number of hydrogen-bond donors (Lipinski definition) is 0. The molecular weight excluding hydrogens is 74.1 g/mol. The van der Waals surface area contributed by atoms with E-state index in [2.05, 4.69) is 4.99 Å². The third-order valence-corrected chi connectivity index (χ3v) is 0.428. The molecule has 0 atom stereocenters. The van der Waals surface area contributed by atoms with Crippen LogP contribution in [0.15, 0.2) is 17.1 Å². The van der Waals surface area contributed by atoms with Crippen LogP contribution in [0, 0.1) is 0 Å². The Morgan fingerprint density at radius 3 is 2.33 bits per heavy atom. The quantitative estimate of drug-likeness (QED) is 0.423. The summed E-state index contributed by atoms with van der Waals surface area (Å²) in [5.41, 5.74) is 0. The highest BCUT2D eigenvalue weighted by molar-refractivity contribution is 5.70. The van der Waals surface area contributed by atoms with Crippen molar-refractivity contribution in [2.75, 3.05) is 7.05 Å². The van der Waals surface area contributed by atoms with Gasteiger partial charge in [-0.3, -0.25) is 4.99 Å². The van der Waals surface area contributed by atoms with Crippen molar-refractivity contribution in [3.05, 3.63) is 12.2 Å². The molecule has 1 nitrogen and oxygen atoms in total. The lowest BCUT2D eigenvalue weighted by molar-refractivity contribution is 1.47. The van der Waals surface area contributed by atoms with E-state index in [4.69, 9.17) is 0 Å². The minimum Gasteiger partial charge on any atom is -0.297 e. The van der Waals surface area contributed by atoms with Crippen LogP contribution in [0.4, 0.5) is 0 Å². The molecule has 0 unspecified atom stereocenters. The van der Waals surface area contributed by atoms with Gasteiger partial charge < -0.3 is 0 Å². The Hall–Kier alpha value is -0.590. The summed E-state index contributed by atoms with van der Waals surface area (Å²) in [4.78, 5) is 3.71.